The van der Waals surface area contributed by atoms with E-state index in [1.807, 2.05) is 0 Å². The molecular formula is C14H27NO2. The molecule has 100 valence electrons. The number of rotatable bonds is 7. The van der Waals surface area contributed by atoms with Crippen molar-refractivity contribution >= 4 is 5.91 Å². The highest BCUT2D eigenvalue weighted by Gasteiger charge is 2.31. The fraction of sp³-hybridized carbons (Fsp3) is 0.929. The number of nitrogens with one attached hydrogen (secondary N) is 1. The molecule has 0 aromatic rings. The van der Waals surface area contributed by atoms with Crippen LogP contribution in [0.4, 0.5) is 0 Å². The van der Waals surface area contributed by atoms with Gasteiger partial charge < -0.3 is 10.4 Å². The largest absolute Gasteiger partial charge is 0.396 e. The zero-order valence-electron chi connectivity index (χ0n) is 11.5. The summed E-state index contributed by atoms with van der Waals surface area (Å²) >= 11 is 0. The predicted octanol–water partition coefficient (Wildman–Crippen LogP) is 2.48. The van der Waals surface area contributed by atoms with Gasteiger partial charge in [-0.2, -0.15) is 0 Å². The van der Waals surface area contributed by atoms with Crippen molar-refractivity contribution in [2.75, 3.05) is 6.61 Å². The van der Waals surface area contributed by atoms with E-state index >= 15 is 0 Å². The number of carbonyl (C=O) groups excluding carboxylic acids is 1. The molecule has 0 spiro atoms. The molecule has 0 saturated heterocycles. The maximum absolute atomic E-state index is 11.8. The van der Waals surface area contributed by atoms with Crippen LogP contribution >= 0.6 is 0 Å². The lowest BCUT2D eigenvalue weighted by Gasteiger charge is -2.19. The molecule has 0 radical (unpaired) electrons. The molecule has 0 aliphatic heterocycles. The first-order valence-corrected chi connectivity index (χ1v) is 6.82. The van der Waals surface area contributed by atoms with Crippen LogP contribution in [-0.2, 0) is 4.79 Å². The van der Waals surface area contributed by atoms with Crippen LogP contribution in [0.25, 0.3) is 0 Å². The maximum atomic E-state index is 11.8. The lowest BCUT2D eigenvalue weighted by Crippen LogP contribution is -2.37. The fourth-order valence-electron chi connectivity index (χ4n) is 2.12. The second-order valence-electron chi connectivity index (χ2n) is 6.44. The number of carbonyl (C=O) groups is 1. The Morgan fingerprint density at radius 2 is 2.06 bits per heavy atom. The van der Waals surface area contributed by atoms with E-state index in [-0.39, 0.29) is 18.6 Å². The molecule has 0 aromatic carbocycles. The Morgan fingerprint density at radius 3 is 2.53 bits per heavy atom. The fourth-order valence-corrected chi connectivity index (χ4v) is 2.12. The maximum Gasteiger partial charge on any atom is 0.220 e. The van der Waals surface area contributed by atoms with E-state index in [0.717, 1.165) is 12.8 Å². The van der Waals surface area contributed by atoms with Gasteiger partial charge in [-0.15, -0.1) is 0 Å². The van der Waals surface area contributed by atoms with Crippen molar-refractivity contribution in [1.82, 2.24) is 5.32 Å². The third-order valence-corrected chi connectivity index (χ3v) is 3.31. The van der Waals surface area contributed by atoms with Crippen LogP contribution < -0.4 is 5.32 Å². The first-order chi connectivity index (χ1) is 7.92. The highest BCUT2D eigenvalue weighted by Crippen LogP contribution is 2.34. The average molecular weight is 241 g/mol. The summed E-state index contributed by atoms with van der Waals surface area (Å²) in [5, 5.41) is 12.0. The van der Waals surface area contributed by atoms with Crippen molar-refractivity contribution in [2.45, 2.75) is 65.3 Å². The van der Waals surface area contributed by atoms with Gasteiger partial charge in [-0.25, -0.2) is 0 Å². The minimum Gasteiger partial charge on any atom is -0.396 e. The molecule has 0 bridgehead atoms. The van der Waals surface area contributed by atoms with Gasteiger partial charge in [0, 0.05) is 19.1 Å². The smallest absolute Gasteiger partial charge is 0.220 e. The number of hydrogen-bond acceptors (Lipinski definition) is 2. The Morgan fingerprint density at radius 1 is 1.41 bits per heavy atom. The molecular weight excluding hydrogens is 214 g/mol. The summed E-state index contributed by atoms with van der Waals surface area (Å²) < 4.78 is 0. The van der Waals surface area contributed by atoms with Gasteiger partial charge in [0.05, 0.1) is 0 Å². The standard InChI is InChI=1S/C14H27NO2/c1-14(2,3)9-4-5-13(17)15-12(8-10-16)11-6-7-11/h11-12,16H,4-10H2,1-3H3,(H,15,17). The SMILES string of the molecule is CC(C)(C)CCCC(=O)NC(CCO)C1CC1. The van der Waals surface area contributed by atoms with Crippen LogP contribution in [0.1, 0.15) is 59.3 Å². The third-order valence-electron chi connectivity index (χ3n) is 3.31. The van der Waals surface area contributed by atoms with E-state index in [1.54, 1.807) is 0 Å². The summed E-state index contributed by atoms with van der Waals surface area (Å²) in [4.78, 5) is 11.8. The lowest BCUT2D eigenvalue weighted by molar-refractivity contribution is -0.122. The van der Waals surface area contributed by atoms with Crippen molar-refractivity contribution in [1.29, 1.82) is 0 Å². The number of aliphatic hydroxyl groups excluding tert-OH is 1. The van der Waals surface area contributed by atoms with E-state index in [9.17, 15) is 4.79 Å². The van der Waals surface area contributed by atoms with Crippen molar-refractivity contribution in [3.63, 3.8) is 0 Å². The van der Waals surface area contributed by atoms with E-state index in [2.05, 4.69) is 26.1 Å². The average Bonchev–Trinajstić information content (AvgIpc) is 2.98. The molecule has 1 fully saturated rings. The highest BCUT2D eigenvalue weighted by molar-refractivity contribution is 5.76. The first kappa shape index (κ1) is 14.5. The molecule has 17 heavy (non-hydrogen) atoms. The normalized spacial score (nSPS) is 17.9. The Hall–Kier alpha value is -0.570. The van der Waals surface area contributed by atoms with Crippen molar-refractivity contribution in [3.05, 3.63) is 0 Å². The van der Waals surface area contributed by atoms with Crippen molar-refractivity contribution in [2.24, 2.45) is 11.3 Å². The summed E-state index contributed by atoms with van der Waals surface area (Å²) in [5.74, 6) is 0.772. The van der Waals surface area contributed by atoms with Gasteiger partial charge in [0.2, 0.25) is 5.91 Å². The summed E-state index contributed by atoms with van der Waals surface area (Å²) in [5.41, 5.74) is 0.307. The molecule has 1 aliphatic carbocycles. The van der Waals surface area contributed by atoms with Gasteiger partial charge in [-0.1, -0.05) is 20.8 Å². The van der Waals surface area contributed by atoms with Crippen LogP contribution in [0.3, 0.4) is 0 Å². The van der Waals surface area contributed by atoms with Crippen LogP contribution in [0.5, 0.6) is 0 Å². The van der Waals surface area contributed by atoms with Gasteiger partial charge in [-0.3, -0.25) is 4.79 Å². The molecule has 1 rings (SSSR count). The zero-order valence-corrected chi connectivity index (χ0v) is 11.5. The summed E-state index contributed by atoms with van der Waals surface area (Å²) in [6, 6.07) is 0.210. The Labute approximate surface area is 105 Å². The summed E-state index contributed by atoms with van der Waals surface area (Å²) in [7, 11) is 0. The van der Waals surface area contributed by atoms with Crippen molar-refractivity contribution < 1.29 is 9.90 Å². The van der Waals surface area contributed by atoms with Gasteiger partial charge in [0.25, 0.3) is 0 Å². The van der Waals surface area contributed by atoms with Gasteiger partial charge >= 0.3 is 0 Å². The Kier molecular flexibility index (Phi) is 5.44. The summed E-state index contributed by atoms with van der Waals surface area (Å²) in [6.45, 7) is 6.76. The highest BCUT2D eigenvalue weighted by atomic mass is 16.3. The molecule has 0 heterocycles. The van der Waals surface area contributed by atoms with Crippen LogP contribution in [-0.4, -0.2) is 23.7 Å². The van der Waals surface area contributed by atoms with Gasteiger partial charge in [-0.05, 0) is 43.4 Å². The molecule has 1 amide bonds. The second-order valence-corrected chi connectivity index (χ2v) is 6.44. The third kappa shape index (κ3) is 6.67. The monoisotopic (exact) mass is 241 g/mol. The molecule has 1 aliphatic rings. The van der Waals surface area contributed by atoms with Gasteiger partial charge in [0.1, 0.15) is 0 Å². The number of hydrogen-bond donors (Lipinski definition) is 2. The summed E-state index contributed by atoms with van der Waals surface area (Å²) in [6.07, 6.45) is 5.75. The van der Waals surface area contributed by atoms with Crippen LogP contribution in [0.15, 0.2) is 0 Å². The Bertz CT molecular complexity index is 241. The zero-order chi connectivity index (χ0) is 12.9. The lowest BCUT2D eigenvalue weighted by atomic mass is 9.90. The molecule has 0 aromatic heterocycles. The number of aliphatic hydroxyl groups is 1. The van der Waals surface area contributed by atoms with Gasteiger partial charge in [0.15, 0.2) is 0 Å². The molecule has 3 nitrogen and oxygen atoms in total. The molecule has 1 saturated carbocycles. The minimum atomic E-state index is 0.152. The molecule has 2 N–H and O–H groups in total. The second kappa shape index (κ2) is 6.39. The van der Waals surface area contributed by atoms with E-state index in [0.29, 0.717) is 24.2 Å². The molecule has 3 heteroatoms. The van der Waals surface area contributed by atoms with E-state index in [1.165, 1.54) is 12.8 Å². The van der Waals surface area contributed by atoms with Crippen LogP contribution in [0, 0.1) is 11.3 Å². The number of amides is 1. The first-order valence-electron chi connectivity index (χ1n) is 6.82. The van der Waals surface area contributed by atoms with Crippen LogP contribution in [0.2, 0.25) is 0 Å². The Balaban J connectivity index is 2.18. The topological polar surface area (TPSA) is 49.3 Å². The molecule has 1 atom stereocenters. The predicted molar refractivity (Wildman–Crippen MR) is 69.7 cm³/mol. The quantitative estimate of drug-likeness (QED) is 0.719. The van der Waals surface area contributed by atoms with Crippen molar-refractivity contribution in [3.8, 4) is 0 Å². The van der Waals surface area contributed by atoms with E-state index in [4.69, 9.17) is 5.11 Å². The van der Waals surface area contributed by atoms with E-state index < -0.39 is 0 Å². The molecule has 1 unspecified atom stereocenters. The minimum absolute atomic E-state index is 0.152.